The van der Waals surface area contributed by atoms with Crippen molar-refractivity contribution in [3.8, 4) is 0 Å². The molecule has 2 aromatic rings. The number of hydrogen-bond acceptors (Lipinski definition) is 5. The highest BCUT2D eigenvalue weighted by atomic mass is 16.2. The van der Waals surface area contributed by atoms with Crippen LogP contribution in [-0.2, 0) is 11.3 Å². The van der Waals surface area contributed by atoms with E-state index in [2.05, 4.69) is 10.6 Å². The minimum atomic E-state index is -0.472. The number of ketones is 1. The molecule has 1 atom stereocenters. The molecular formula is C20H25N5O2. The Morgan fingerprint density at radius 1 is 1.04 bits per heavy atom. The van der Waals surface area contributed by atoms with Crippen molar-refractivity contribution >= 4 is 28.9 Å². The molecule has 2 rings (SSSR count). The number of carbonyl (C=O) groups is 2. The molecule has 2 amide bonds. The quantitative estimate of drug-likeness (QED) is 0.362. The van der Waals surface area contributed by atoms with Crippen molar-refractivity contribution in [3.63, 3.8) is 0 Å². The Labute approximate surface area is 158 Å². The molecule has 0 radical (unpaired) electrons. The Kier molecular flexibility index (Phi) is 6.93. The van der Waals surface area contributed by atoms with Gasteiger partial charge >= 0.3 is 6.03 Å². The fourth-order valence-electron chi connectivity index (χ4n) is 2.74. The molecule has 0 aliphatic carbocycles. The molecule has 2 aromatic carbocycles. The van der Waals surface area contributed by atoms with Crippen LogP contribution >= 0.6 is 0 Å². The highest BCUT2D eigenvalue weighted by Crippen LogP contribution is 2.26. The Hall–Kier alpha value is -3.35. The van der Waals surface area contributed by atoms with E-state index in [1.807, 2.05) is 37.3 Å². The van der Waals surface area contributed by atoms with E-state index >= 15 is 0 Å². The lowest BCUT2D eigenvalue weighted by Crippen LogP contribution is -2.40. The molecule has 0 aliphatic heterocycles. The Bertz CT molecular complexity index is 817. The van der Waals surface area contributed by atoms with Crippen molar-refractivity contribution in [3.05, 3.63) is 59.7 Å². The van der Waals surface area contributed by atoms with E-state index in [0.717, 1.165) is 11.1 Å². The molecule has 7 heteroatoms. The van der Waals surface area contributed by atoms with Crippen LogP contribution in [0.1, 0.15) is 30.4 Å². The van der Waals surface area contributed by atoms with Crippen LogP contribution in [0.3, 0.4) is 0 Å². The summed E-state index contributed by atoms with van der Waals surface area (Å²) in [5.41, 5.74) is 14.4. The fourth-order valence-corrected chi connectivity index (χ4v) is 2.74. The zero-order valence-electron chi connectivity index (χ0n) is 15.3. The predicted molar refractivity (Wildman–Crippen MR) is 108 cm³/mol. The summed E-state index contributed by atoms with van der Waals surface area (Å²) in [5.74, 6) is -0.828. The number of anilines is 2. The van der Waals surface area contributed by atoms with Crippen LogP contribution in [0.15, 0.2) is 48.5 Å². The van der Waals surface area contributed by atoms with E-state index in [1.54, 1.807) is 18.2 Å². The van der Waals surface area contributed by atoms with E-state index < -0.39 is 17.7 Å². The highest BCUT2D eigenvalue weighted by Gasteiger charge is 2.23. The Morgan fingerprint density at radius 2 is 1.70 bits per heavy atom. The number of nitrogens with one attached hydrogen (secondary N) is 3. The van der Waals surface area contributed by atoms with E-state index in [4.69, 9.17) is 16.9 Å². The summed E-state index contributed by atoms with van der Waals surface area (Å²) in [7, 11) is 0. The van der Waals surface area contributed by atoms with Crippen molar-refractivity contribution in [1.29, 1.82) is 5.41 Å². The van der Waals surface area contributed by atoms with Gasteiger partial charge in [-0.15, -0.1) is 0 Å². The summed E-state index contributed by atoms with van der Waals surface area (Å²) in [6.45, 7) is 1.97. The lowest BCUT2D eigenvalue weighted by Gasteiger charge is -2.18. The first-order valence-electron chi connectivity index (χ1n) is 8.74. The van der Waals surface area contributed by atoms with Crippen LogP contribution in [0.2, 0.25) is 0 Å². The van der Waals surface area contributed by atoms with Gasteiger partial charge in [0.05, 0.1) is 12.3 Å². The van der Waals surface area contributed by atoms with Crippen molar-refractivity contribution in [2.45, 2.75) is 25.8 Å². The van der Waals surface area contributed by atoms with Crippen LogP contribution < -0.4 is 22.1 Å². The zero-order chi connectivity index (χ0) is 19.8. The van der Waals surface area contributed by atoms with Crippen molar-refractivity contribution in [2.75, 3.05) is 18.0 Å². The molecule has 0 aromatic heterocycles. The number of para-hydroxylation sites is 1. The first kappa shape index (κ1) is 20.0. The number of nitrogens with two attached hydrogens (primary N) is 2. The maximum absolute atomic E-state index is 12.3. The number of Topliss-reactive ketones (excluding diaryl/α,β-unsaturated/α-hetero) is 1. The molecule has 1 unspecified atom stereocenters. The minimum Gasteiger partial charge on any atom is -0.399 e. The van der Waals surface area contributed by atoms with E-state index in [1.165, 1.54) is 0 Å². The van der Waals surface area contributed by atoms with Gasteiger partial charge in [-0.05, 0) is 35.7 Å². The second-order valence-electron chi connectivity index (χ2n) is 6.20. The molecule has 27 heavy (non-hydrogen) atoms. The second kappa shape index (κ2) is 9.38. The van der Waals surface area contributed by atoms with Gasteiger partial charge in [0.1, 0.15) is 0 Å². The van der Waals surface area contributed by atoms with Crippen molar-refractivity contribution in [2.24, 2.45) is 0 Å². The van der Waals surface area contributed by atoms with Crippen LogP contribution in [0.25, 0.3) is 0 Å². The molecule has 142 valence electrons. The average molecular weight is 367 g/mol. The fraction of sp³-hybridized carbons (Fsp3) is 0.250. The number of hydrogen-bond donors (Lipinski definition) is 5. The largest absolute Gasteiger partial charge is 0.399 e. The molecule has 0 bridgehead atoms. The molecule has 0 spiro atoms. The SMILES string of the molecule is CCC(C(=N)C(=O)CNC(=O)NCc1ccc(N)cc1)c1ccccc1N. The molecule has 0 fully saturated rings. The number of amides is 2. The maximum Gasteiger partial charge on any atom is 0.315 e. The van der Waals surface area contributed by atoms with E-state index in [-0.39, 0.29) is 12.3 Å². The molecule has 0 aliphatic rings. The first-order valence-corrected chi connectivity index (χ1v) is 8.74. The smallest absolute Gasteiger partial charge is 0.315 e. The second-order valence-corrected chi connectivity index (χ2v) is 6.20. The predicted octanol–water partition coefficient (Wildman–Crippen LogP) is 2.43. The first-order chi connectivity index (χ1) is 12.9. The van der Waals surface area contributed by atoms with Gasteiger partial charge < -0.3 is 27.5 Å². The third kappa shape index (κ3) is 5.57. The van der Waals surface area contributed by atoms with Gasteiger partial charge in [-0.2, -0.15) is 0 Å². The normalized spacial score (nSPS) is 11.4. The Balaban J connectivity index is 1.86. The third-order valence-electron chi connectivity index (χ3n) is 4.27. The standard InChI is InChI=1S/C20H25N5O2/c1-2-15(16-5-3-4-6-17(16)22)19(23)18(26)12-25-20(27)24-11-13-7-9-14(21)10-8-13/h3-10,15,23H,2,11-12,21-22H2,1H3,(H2,24,25,27). The van der Waals surface area contributed by atoms with Crippen LogP contribution in [-0.4, -0.2) is 24.1 Å². The molecule has 0 saturated heterocycles. The number of carbonyl (C=O) groups excluding carboxylic acids is 2. The van der Waals surface area contributed by atoms with Gasteiger partial charge in [0.2, 0.25) is 0 Å². The maximum atomic E-state index is 12.3. The monoisotopic (exact) mass is 367 g/mol. The van der Waals surface area contributed by atoms with E-state index in [9.17, 15) is 9.59 Å². The van der Waals surface area contributed by atoms with Crippen molar-refractivity contribution < 1.29 is 9.59 Å². The third-order valence-corrected chi connectivity index (χ3v) is 4.27. The zero-order valence-corrected chi connectivity index (χ0v) is 15.3. The average Bonchev–Trinajstić information content (AvgIpc) is 2.67. The summed E-state index contributed by atoms with van der Waals surface area (Å²) < 4.78 is 0. The van der Waals surface area contributed by atoms with Gasteiger partial charge in [-0.25, -0.2) is 4.79 Å². The summed E-state index contributed by atoms with van der Waals surface area (Å²) >= 11 is 0. The summed E-state index contributed by atoms with van der Waals surface area (Å²) in [6, 6.07) is 13.9. The molecular weight excluding hydrogens is 342 g/mol. The topological polar surface area (TPSA) is 134 Å². The molecule has 7 nitrogen and oxygen atoms in total. The van der Waals surface area contributed by atoms with Gasteiger partial charge in [-0.1, -0.05) is 37.3 Å². The summed E-state index contributed by atoms with van der Waals surface area (Å²) in [6.07, 6.45) is 0.572. The number of nitrogen functional groups attached to an aromatic ring is 2. The van der Waals surface area contributed by atoms with Crippen LogP contribution in [0, 0.1) is 5.41 Å². The van der Waals surface area contributed by atoms with Gasteiger partial charge in [0, 0.05) is 23.8 Å². The van der Waals surface area contributed by atoms with Gasteiger partial charge in [0.15, 0.2) is 5.78 Å². The number of rotatable bonds is 8. The Morgan fingerprint density at radius 3 is 2.33 bits per heavy atom. The van der Waals surface area contributed by atoms with Crippen molar-refractivity contribution in [1.82, 2.24) is 10.6 Å². The highest BCUT2D eigenvalue weighted by molar-refractivity contribution is 6.41. The molecule has 7 N–H and O–H groups in total. The lowest BCUT2D eigenvalue weighted by atomic mass is 9.88. The summed E-state index contributed by atoms with van der Waals surface area (Å²) in [4.78, 5) is 24.2. The summed E-state index contributed by atoms with van der Waals surface area (Å²) in [5, 5.41) is 13.4. The number of urea groups is 1. The number of benzene rings is 2. The van der Waals surface area contributed by atoms with E-state index in [0.29, 0.717) is 24.3 Å². The van der Waals surface area contributed by atoms with Crippen LogP contribution in [0.5, 0.6) is 0 Å². The van der Waals surface area contributed by atoms with Gasteiger partial charge in [0.25, 0.3) is 0 Å². The lowest BCUT2D eigenvalue weighted by molar-refractivity contribution is -0.112. The minimum absolute atomic E-state index is 0.0609. The molecule has 0 saturated carbocycles. The van der Waals surface area contributed by atoms with Gasteiger partial charge in [-0.3, -0.25) is 4.79 Å². The molecule has 0 heterocycles. The van der Waals surface area contributed by atoms with Crippen LogP contribution in [0.4, 0.5) is 16.2 Å².